The van der Waals surface area contributed by atoms with Gasteiger partial charge in [0.05, 0.1) is 5.69 Å². The number of carbonyl (C=O) groups excluding carboxylic acids is 1. The molecule has 0 aromatic carbocycles. The molecule has 3 heterocycles. The van der Waals surface area contributed by atoms with Gasteiger partial charge in [-0.2, -0.15) is 5.10 Å². The summed E-state index contributed by atoms with van der Waals surface area (Å²) in [5.74, 6) is 0.907. The van der Waals surface area contributed by atoms with E-state index < -0.39 is 0 Å². The van der Waals surface area contributed by atoms with Gasteiger partial charge in [-0.3, -0.25) is 14.5 Å². The van der Waals surface area contributed by atoms with Gasteiger partial charge >= 0.3 is 6.03 Å². The van der Waals surface area contributed by atoms with E-state index in [9.17, 15) is 9.59 Å². The fraction of sp³-hybridized carbons (Fsp3) is 0.684. The first-order chi connectivity index (χ1) is 13.2. The van der Waals surface area contributed by atoms with Crippen molar-refractivity contribution in [3.63, 3.8) is 0 Å². The van der Waals surface area contributed by atoms with E-state index in [2.05, 4.69) is 46.5 Å². The molecular weight excluding hydrogens is 358 g/mol. The van der Waals surface area contributed by atoms with Gasteiger partial charge in [-0.05, 0) is 25.7 Å². The van der Waals surface area contributed by atoms with Crippen LogP contribution < -0.4 is 16.2 Å². The van der Waals surface area contributed by atoms with Crippen molar-refractivity contribution in [3.05, 3.63) is 16.0 Å². The van der Waals surface area contributed by atoms with Gasteiger partial charge in [0.1, 0.15) is 5.52 Å². The number of rotatable bonds is 4. The molecule has 2 amide bonds. The van der Waals surface area contributed by atoms with Crippen LogP contribution >= 0.6 is 0 Å². The molecule has 28 heavy (non-hydrogen) atoms. The van der Waals surface area contributed by atoms with E-state index in [1.165, 1.54) is 0 Å². The fourth-order valence-electron chi connectivity index (χ4n) is 3.61. The Balaban J connectivity index is 1.69. The first-order valence-corrected chi connectivity index (χ1v) is 9.94. The van der Waals surface area contributed by atoms with Crippen LogP contribution in [-0.2, 0) is 12.5 Å². The van der Waals surface area contributed by atoms with E-state index >= 15 is 0 Å². The van der Waals surface area contributed by atoms with Crippen LogP contribution in [0.5, 0.6) is 0 Å². The molecule has 0 saturated carbocycles. The molecule has 3 N–H and O–H groups in total. The number of urea groups is 1. The zero-order chi connectivity index (χ0) is 20.5. The van der Waals surface area contributed by atoms with Crippen molar-refractivity contribution in [1.82, 2.24) is 30.0 Å². The van der Waals surface area contributed by atoms with Crippen molar-refractivity contribution in [2.24, 2.45) is 13.0 Å². The van der Waals surface area contributed by atoms with E-state index in [1.54, 1.807) is 11.7 Å². The number of H-pyrrole nitrogens is 1. The van der Waals surface area contributed by atoms with Crippen LogP contribution in [0.15, 0.2) is 4.79 Å². The van der Waals surface area contributed by atoms with E-state index in [0.717, 1.165) is 31.6 Å². The molecule has 0 unspecified atom stereocenters. The Kier molecular flexibility index (Phi) is 5.62. The third kappa shape index (κ3) is 4.13. The third-order valence-electron chi connectivity index (χ3n) is 5.19. The Morgan fingerprint density at radius 2 is 1.96 bits per heavy atom. The molecule has 2 aromatic rings. The number of piperidine rings is 1. The Morgan fingerprint density at radius 3 is 2.57 bits per heavy atom. The van der Waals surface area contributed by atoms with Gasteiger partial charge in [0.25, 0.3) is 5.56 Å². The molecule has 1 saturated heterocycles. The van der Waals surface area contributed by atoms with Gasteiger partial charge in [0.15, 0.2) is 5.52 Å². The third-order valence-corrected chi connectivity index (χ3v) is 5.19. The van der Waals surface area contributed by atoms with Crippen LogP contribution in [0.1, 0.15) is 46.2 Å². The Labute approximate surface area is 164 Å². The Morgan fingerprint density at radius 1 is 1.29 bits per heavy atom. The zero-order valence-electron chi connectivity index (χ0n) is 17.4. The maximum atomic E-state index is 12.5. The van der Waals surface area contributed by atoms with Crippen molar-refractivity contribution in [1.29, 1.82) is 0 Å². The standard InChI is InChI=1S/C19H31N7O2/c1-6-20-18(28)26-9-7-12(8-10-26)11-21-17-22-13-14(16(27)23-17)25(5)24-15(13)19(2,3)4/h12H,6-11H2,1-5H3,(H,20,28)(H2,21,22,23,27). The number of aromatic amines is 1. The quantitative estimate of drug-likeness (QED) is 0.739. The molecule has 1 fully saturated rings. The lowest BCUT2D eigenvalue weighted by molar-refractivity contribution is 0.173. The number of amides is 2. The lowest BCUT2D eigenvalue weighted by atomic mass is 9.91. The molecule has 3 rings (SSSR count). The molecule has 9 heteroatoms. The molecule has 1 aliphatic rings. The molecule has 0 spiro atoms. The predicted octanol–water partition coefficient (Wildman–Crippen LogP) is 1.81. The minimum Gasteiger partial charge on any atom is -0.355 e. The number of carbonyl (C=O) groups is 1. The summed E-state index contributed by atoms with van der Waals surface area (Å²) in [6, 6.07) is 0.0108. The SMILES string of the molecule is CCNC(=O)N1CCC(CNc2nc3c(C(C)(C)C)nn(C)c3c(=O)[nH]2)CC1. The molecule has 0 atom stereocenters. The summed E-state index contributed by atoms with van der Waals surface area (Å²) in [4.78, 5) is 33.8. The summed E-state index contributed by atoms with van der Waals surface area (Å²) in [5, 5.41) is 10.6. The van der Waals surface area contributed by atoms with Crippen LogP contribution in [0.3, 0.4) is 0 Å². The molecule has 154 valence electrons. The highest BCUT2D eigenvalue weighted by Gasteiger charge is 2.25. The van der Waals surface area contributed by atoms with Gasteiger partial charge in [-0.25, -0.2) is 9.78 Å². The maximum Gasteiger partial charge on any atom is 0.317 e. The number of fused-ring (bicyclic) bond motifs is 1. The fourth-order valence-corrected chi connectivity index (χ4v) is 3.61. The summed E-state index contributed by atoms with van der Waals surface area (Å²) in [7, 11) is 1.77. The maximum absolute atomic E-state index is 12.5. The summed E-state index contributed by atoms with van der Waals surface area (Å²) < 4.78 is 1.60. The summed E-state index contributed by atoms with van der Waals surface area (Å²) >= 11 is 0. The number of hydrogen-bond donors (Lipinski definition) is 3. The van der Waals surface area contributed by atoms with Crippen LogP contribution in [0.2, 0.25) is 0 Å². The van der Waals surface area contributed by atoms with Crippen LogP contribution in [-0.4, -0.2) is 56.9 Å². The highest BCUT2D eigenvalue weighted by molar-refractivity contribution is 5.78. The van der Waals surface area contributed by atoms with Crippen molar-refractivity contribution in [2.75, 3.05) is 31.5 Å². The van der Waals surface area contributed by atoms with E-state index in [4.69, 9.17) is 0 Å². The normalized spacial score (nSPS) is 15.8. The Hall–Kier alpha value is -2.58. The second kappa shape index (κ2) is 7.81. The number of nitrogens with one attached hydrogen (secondary N) is 3. The topological polar surface area (TPSA) is 108 Å². The van der Waals surface area contributed by atoms with Gasteiger partial charge in [-0.1, -0.05) is 20.8 Å². The second-order valence-electron chi connectivity index (χ2n) is 8.48. The van der Waals surface area contributed by atoms with Crippen molar-refractivity contribution >= 4 is 23.0 Å². The largest absolute Gasteiger partial charge is 0.355 e. The lowest BCUT2D eigenvalue weighted by Crippen LogP contribution is -2.45. The van der Waals surface area contributed by atoms with Crippen LogP contribution in [0.25, 0.3) is 11.0 Å². The van der Waals surface area contributed by atoms with Crippen LogP contribution in [0, 0.1) is 5.92 Å². The summed E-state index contributed by atoms with van der Waals surface area (Å²) in [6.45, 7) is 11.0. The van der Waals surface area contributed by atoms with E-state index in [0.29, 0.717) is 36.0 Å². The number of anilines is 1. The van der Waals surface area contributed by atoms with Crippen LogP contribution in [0.4, 0.5) is 10.7 Å². The number of aryl methyl sites for hydroxylation is 1. The summed E-state index contributed by atoms with van der Waals surface area (Å²) in [6.07, 6.45) is 1.85. The van der Waals surface area contributed by atoms with Gasteiger partial charge < -0.3 is 15.5 Å². The highest BCUT2D eigenvalue weighted by Crippen LogP contribution is 2.26. The molecule has 0 aliphatic carbocycles. The number of hydrogen-bond acceptors (Lipinski definition) is 5. The van der Waals surface area contributed by atoms with Crippen molar-refractivity contribution < 1.29 is 4.79 Å². The first kappa shape index (κ1) is 20.2. The average molecular weight is 390 g/mol. The lowest BCUT2D eigenvalue weighted by Gasteiger charge is -2.32. The van der Waals surface area contributed by atoms with Crippen molar-refractivity contribution in [3.8, 4) is 0 Å². The molecule has 1 aliphatic heterocycles. The molecule has 0 bridgehead atoms. The smallest absolute Gasteiger partial charge is 0.317 e. The monoisotopic (exact) mass is 389 g/mol. The van der Waals surface area contributed by atoms with E-state index in [-0.39, 0.29) is 17.0 Å². The minimum atomic E-state index is -0.205. The predicted molar refractivity (Wildman–Crippen MR) is 110 cm³/mol. The van der Waals surface area contributed by atoms with Gasteiger partial charge in [0, 0.05) is 38.6 Å². The van der Waals surface area contributed by atoms with Crippen molar-refractivity contribution in [2.45, 2.75) is 46.0 Å². The molecule has 2 aromatic heterocycles. The highest BCUT2D eigenvalue weighted by atomic mass is 16.2. The minimum absolute atomic E-state index is 0.0108. The second-order valence-corrected chi connectivity index (χ2v) is 8.48. The van der Waals surface area contributed by atoms with E-state index in [1.807, 2.05) is 11.8 Å². The number of nitrogens with zero attached hydrogens (tertiary/aromatic N) is 4. The first-order valence-electron chi connectivity index (χ1n) is 9.94. The number of aromatic nitrogens is 4. The molecular formula is C19H31N7O2. The Bertz CT molecular complexity index is 901. The average Bonchev–Trinajstić information content (AvgIpc) is 2.98. The summed E-state index contributed by atoms with van der Waals surface area (Å²) in [5.41, 5.74) is 1.56. The zero-order valence-corrected chi connectivity index (χ0v) is 17.4. The molecule has 0 radical (unpaired) electrons. The molecule has 9 nitrogen and oxygen atoms in total. The number of likely N-dealkylation sites (tertiary alicyclic amines) is 1. The van der Waals surface area contributed by atoms with Gasteiger partial charge in [-0.15, -0.1) is 0 Å². The van der Waals surface area contributed by atoms with Gasteiger partial charge in [0.2, 0.25) is 5.95 Å².